The summed E-state index contributed by atoms with van der Waals surface area (Å²) in [6.45, 7) is 1.81. The minimum atomic E-state index is -3.63. The van der Waals surface area contributed by atoms with Gasteiger partial charge in [0, 0.05) is 12.6 Å². The normalized spacial score (nSPS) is 22.5. The summed E-state index contributed by atoms with van der Waals surface area (Å²) in [6.07, 6.45) is 2.25. The van der Waals surface area contributed by atoms with Gasteiger partial charge in [-0.3, -0.25) is 0 Å². The van der Waals surface area contributed by atoms with Crippen LogP contribution in [0.2, 0.25) is 5.02 Å². The summed E-state index contributed by atoms with van der Waals surface area (Å²) in [5.74, 6) is 0.632. The Labute approximate surface area is 130 Å². The Bertz CT molecular complexity index is 618. The molecule has 1 aromatic rings. The van der Waals surface area contributed by atoms with Gasteiger partial charge in [0.05, 0.1) is 17.0 Å². The van der Waals surface area contributed by atoms with Gasteiger partial charge in [-0.25, -0.2) is 13.1 Å². The number of hydrogen-bond acceptors (Lipinski definition) is 4. The van der Waals surface area contributed by atoms with Gasteiger partial charge in [0.2, 0.25) is 10.0 Å². The van der Waals surface area contributed by atoms with Crippen molar-refractivity contribution in [2.24, 2.45) is 5.92 Å². The van der Waals surface area contributed by atoms with Crippen LogP contribution in [0, 0.1) is 12.8 Å². The van der Waals surface area contributed by atoms with Gasteiger partial charge in [-0.1, -0.05) is 11.6 Å². The number of rotatable bonds is 5. The van der Waals surface area contributed by atoms with E-state index in [4.69, 9.17) is 21.4 Å². The van der Waals surface area contributed by atoms with E-state index in [2.05, 4.69) is 4.72 Å². The number of methoxy groups -OCH3 is 1. The molecule has 1 aromatic carbocycles. The van der Waals surface area contributed by atoms with E-state index < -0.39 is 10.0 Å². The number of ether oxygens (including phenoxy) is 1. The molecule has 0 heterocycles. The number of hydrogen-bond donors (Lipinski definition) is 2. The SMILES string of the molecule is COc1cc(C)c(S(=O)(=O)N[C@H]2CC[C@@H](CO)C2)cc1Cl. The summed E-state index contributed by atoms with van der Waals surface area (Å²) in [4.78, 5) is 0.167. The number of nitrogens with one attached hydrogen (secondary N) is 1. The van der Waals surface area contributed by atoms with Crippen LogP contribution >= 0.6 is 11.6 Å². The van der Waals surface area contributed by atoms with Crippen LogP contribution in [-0.2, 0) is 10.0 Å². The standard InChI is InChI=1S/C14H20ClNO4S/c1-9-5-13(20-2)12(15)7-14(9)21(18,19)16-11-4-3-10(6-11)8-17/h5,7,10-11,16-17H,3-4,6,8H2,1-2H3/t10-,11+/m1/s1. The monoisotopic (exact) mass is 333 g/mol. The number of benzene rings is 1. The molecule has 0 aromatic heterocycles. The number of aryl methyl sites for hydroxylation is 1. The predicted molar refractivity (Wildman–Crippen MR) is 81.3 cm³/mol. The first-order valence-corrected chi connectivity index (χ1v) is 8.70. The van der Waals surface area contributed by atoms with Crippen molar-refractivity contribution in [1.29, 1.82) is 0 Å². The van der Waals surface area contributed by atoms with Crippen LogP contribution in [0.4, 0.5) is 0 Å². The lowest BCUT2D eigenvalue weighted by atomic mass is 10.1. The van der Waals surface area contributed by atoms with E-state index >= 15 is 0 Å². The molecule has 0 aliphatic heterocycles. The van der Waals surface area contributed by atoms with E-state index in [1.54, 1.807) is 13.0 Å². The molecule has 1 aliphatic carbocycles. The van der Waals surface area contributed by atoms with E-state index in [1.807, 2.05) is 0 Å². The fraction of sp³-hybridized carbons (Fsp3) is 0.571. The van der Waals surface area contributed by atoms with Crippen LogP contribution in [0.15, 0.2) is 17.0 Å². The fourth-order valence-electron chi connectivity index (χ4n) is 2.71. The average molecular weight is 334 g/mol. The molecular weight excluding hydrogens is 314 g/mol. The second kappa shape index (κ2) is 6.52. The molecule has 2 N–H and O–H groups in total. The van der Waals surface area contributed by atoms with Gasteiger partial charge in [-0.05, 0) is 49.8 Å². The van der Waals surface area contributed by atoms with Crippen molar-refractivity contribution >= 4 is 21.6 Å². The summed E-state index contributed by atoms with van der Waals surface area (Å²) >= 11 is 6.02. The first-order chi connectivity index (χ1) is 9.87. The molecular formula is C14H20ClNO4S. The lowest BCUT2D eigenvalue weighted by Crippen LogP contribution is -2.33. The lowest BCUT2D eigenvalue weighted by molar-refractivity contribution is 0.228. The third kappa shape index (κ3) is 3.69. The number of sulfonamides is 1. The van der Waals surface area contributed by atoms with Crippen molar-refractivity contribution in [3.05, 3.63) is 22.7 Å². The van der Waals surface area contributed by atoms with Gasteiger partial charge in [0.15, 0.2) is 0 Å². The van der Waals surface area contributed by atoms with Crippen molar-refractivity contribution < 1.29 is 18.3 Å². The van der Waals surface area contributed by atoms with Crippen LogP contribution in [0.3, 0.4) is 0 Å². The molecule has 0 saturated heterocycles. The van der Waals surface area contributed by atoms with Gasteiger partial charge in [0.25, 0.3) is 0 Å². The van der Waals surface area contributed by atoms with Crippen molar-refractivity contribution in [2.45, 2.75) is 37.1 Å². The molecule has 1 aliphatic rings. The van der Waals surface area contributed by atoms with Gasteiger partial charge in [-0.15, -0.1) is 0 Å². The van der Waals surface area contributed by atoms with E-state index in [0.29, 0.717) is 17.7 Å². The Morgan fingerprint density at radius 2 is 2.14 bits per heavy atom. The van der Waals surface area contributed by atoms with Crippen LogP contribution < -0.4 is 9.46 Å². The van der Waals surface area contributed by atoms with Crippen molar-refractivity contribution in [3.63, 3.8) is 0 Å². The number of halogens is 1. The Morgan fingerprint density at radius 3 is 2.71 bits per heavy atom. The second-order valence-corrected chi connectivity index (χ2v) is 7.52. The quantitative estimate of drug-likeness (QED) is 0.865. The minimum absolute atomic E-state index is 0.103. The zero-order valence-corrected chi connectivity index (χ0v) is 13.7. The third-order valence-electron chi connectivity index (χ3n) is 3.86. The zero-order valence-electron chi connectivity index (χ0n) is 12.1. The number of aliphatic hydroxyl groups excluding tert-OH is 1. The van der Waals surface area contributed by atoms with Crippen LogP contribution in [0.1, 0.15) is 24.8 Å². The summed E-state index contributed by atoms with van der Waals surface area (Å²) in [7, 11) is -2.14. The van der Waals surface area contributed by atoms with Crippen LogP contribution in [-0.4, -0.2) is 33.3 Å². The summed E-state index contributed by atoms with van der Waals surface area (Å²) < 4.78 is 32.7. The molecule has 1 fully saturated rings. The molecule has 0 spiro atoms. The van der Waals surface area contributed by atoms with E-state index in [1.165, 1.54) is 13.2 Å². The minimum Gasteiger partial charge on any atom is -0.495 e. The molecule has 21 heavy (non-hydrogen) atoms. The van der Waals surface area contributed by atoms with Gasteiger partial charge >= 0.3 is 0 Å². The first-order valence-electron chi connectivity index (χ1n) is 6.84. The second-order valence-electron chi connectivity index (χ2n) is 5.43. The van der Waals surface area contributed by atoms with E-state index in [9.17, 15) is 8.42 Å². The summed E-state index contributed by atoms with van der Waals surface area (Å²) in [6, 6.07) is 2.89. The summed E-state index contributed by atoms with van der Waals surface area (Å²) in [5, 5.41) is 9.40. The van der Waals surface area contributed by atoms with Crippen LogP contribution in [0.5, 0.6) is 5.75 Å². The molecule has 118 valence electrons. The van der Waals surface area contributed by atoms with Crippen molar-refractivity contribution in [3.8, 4) is 5.75 Å². The highest BCUT2D eigenvalue weighted by atomic mass is 35.5. The van der Waals surface area contributed by atoms with E-state index in [-0.39, 0.29) is 28.5 Å². The highest BCUT2D eigenvalue weighted by Crippen LogP contribution is 2.31. The largest absolute Gasteiger partial charge is 0.495 e. The summed E-state index contributed by atoms with van der Waals surface area (Å²) in [5.41, 5.74) is 0.584. The maximum atomic E-state index is 12.5. The number of aliphatic hydroxyl groups is 1. The predicted octanol–water partition coefficient (Wildman–Crippen LogP) is 2.10. The Kier molecular flexibility index (Phi) is 5.14. The van der Waals surface area contributed by atoms with Gasteiger partial charge in [-0.2, -0.15) is 0 Å². The topological polar surface area (TPSA) is 75.6 Å². The molecule has 0 bridgehead atoms. The molecule has 0 amide bonds. The van der Waals surface area contributed by atoms with Gasteiger partial charge < -0.3 is 9.84 Å². The Morgan fingerprint density at radius 1 is 1.43 bits per heavy atom. The lowest BCUT2D eigenvalue weighted by Gasteiger charge is -2.16. The molecule has 0 unspecified atom stereocenters. The van der Waals surface area contributed by atoms with E-state index in [0.717, 1.165) is 12.8 Å². The molecule has 5 nitrogen and oxygen atoms in total. The third-order valence-corrected chi connectivity index (χ3v) is 5.82. The molecule has 1 saturated carbocycles. The smallest absolute Gasteiger partial charge is 0.241 e. The molecule has 2 atom stereocenters. The fourth-order valence-corrected chi connectivity index (χ4v) is 4.55. The zero-order chi connectivity index (χ0) is 15.6. The molecule has 0 radical (unpaired) electrons. The Hall–Kier alpha value is -0.820. The first kappa shape index (κ1) is 16.5. The van der Waals surface area contributed by atoms with Crippen molar-refractivity contribution in [2.75, 3.05) is 13.7 Å². The van der Waals surface area contributed by atoms with Crippen LogP contribution in [0.25, 0.3) is 0 Å². The Balaban J connectivity index is 2.22. The highest BCUT2D eigenvalue weighted by Gasteiger charge is 2.29. The maximum absolute atomic E-state index is 12.5. The van der Waals surface area contributed by atoms with Gasteiger partial charge in [0.1, 0.15) is 5.75 Å². The van der Waals surface area contributed by atoms with Crippen molar-refractivity contribution in [1.82, 2.24) is 4.72 Å². The molecule has 2 rings (SSSR count). The molecule has 7 heteroatoms. The average Bonchev–Trinajstić information content (AvgIpc) is 2.87. The maximum Gasteiger partial charge on any atom is 0.241 e. The highest BCUT2D eigenvalue weighted by molar-refractivity contribution is 7.89.